The molecule has 1 N–H and O–H groups in total. The minimum Gasteiger partial charge on any atom is -0.512 e. The van der Waals surface area contributed by atoms with E-state index >= 15 is 0 Å². The molecule has 5 aromatic carbocycles. The predicted molar refractivity (Wildman–Crippen MR) is 177 cm³/mol. The molecule has 219 valence electrons. The molecule has 7 rings (SSSR count). The molecule has 44 heavy (non-hydrogen) atoms. The number of carbonyl (C=O) groups excluding carboxylic acids is 1. The smallest absolute Gasteiger partial charge is 0.155 e. The van der Waals surface area contributed by atoms with Crippen LogP contribution in [0.4, 0.5) is 4.39 Å². The Morgan fingerprint density at radius 2 is 1.45 bits per heavy atom. The number of hydrogen-bond acceptors (Lipinski definition) is 4. The molecule has 0 saturated carbocycles. The van der Waals surface area contributed by atoms with Crippen molar-refractivity contribution in [3.05, 3.63) is 139 Å². The van der Waals surface area contributed by atoms with Crippen molar-refractivity contribution in [1.29, 1.82) is 0 Å². The van der Waals surface area contributed by atoms with Crippen LogP contribution in [0.5, 0.6) is 0 Å². The molecular weight excluding hydrogens is 746 g/mol. The quantitative estimate of drug-likeness (QED) is 0.0839. The SMILES string of the molecule is CC(=O)/C=C(/C)O.Fc1cccc2c1ccc1c(-c3[c-]c4cc(-c5ccccc5)sc4c(-c4ccccc4)c3)nccc12.[Ir]. The van der Waals surface area contributed by atoms with Crippen LogP contribution >= 0.6 is 11.3 Å². The number of benzene rings is 5. The van der Waals surface area contributed by atoms with Crippen molar-refractivity contribution in [3.8, 4) is 32.8 Å². The summed E-state index contributed by atoms with van der Waals surface area (Å²) in [7, 11) is 0. The molecular formula is C38H27FIrNO2S-. The van der Waals surface area contributed by atoms with Gasteiger partial charge in [0.1, 0.15) is 5.82 Å². The van der Waals surface area contributed by atoms with E-state index < -0.39 is 0 Å². The summed E-state index contributed by atoms with van der Waals surface area (Å²) in [6.07, 6.45) is 2.98. The Kier molecular flexibility index (Phi) is 9.46. The molecule has 1 radical (unpaired) electrons. The van der Waals surface area contributed by atoms with Crippen LogP contribution in [0.25, 0.3) is 64.5 Å². The van der Waals surface area contributed by atoms with Crippen LogP contribution in [0.15, 0.2) is 127 Å². The van der Waals surface area contributed by atoms with E-state index in [1.54, 1.807) is 17.4 Å². The van der Waals surface area contributed by atoms with Gasteiger partial charge in [0.05, 0.1) is 5.76 Å². The summed E-state index contributed by atoms with van der Waals surface area (Å²) in [5, 5.41) is 12.9. The minimum atomic E-state index is -0.209. The van der Waals surface area contributed by atoms with Gasteiger partial charge in [-0.25, -0.2) is 4.39 Å². The summed E-state index contributed by atoms with van der Waals surface area (Å²) in [6.45, 7) is 2.85. The second kappa shape index (κ2) is 13.4. The van der Waals surface area contributed by atoms with Gasteiger partial charge in [-0.05, 0) is 62.8 Å². The number of thiophene rings is 1. The van der Waals surface area contributed by atoms with E-state index in [4.69, 9.17) is 10.1 Å². The molecule has 0 spiro atoms. The van der Waals surface area contributed by atoms with E-state index in [2.05, 4.69) is 66.7 Å². The number of hydrogen-bond donors (Lipinski definition) is 1. The number of aliphatic hydroxyl groups excluding tert-OH is 1. The van der Waals surface area contributed by atoms with Gasteiger partial charge in [-0.15, -0.1) is 23.6 Å². The Morgan fingerprint density at radius 3 is 2.11 bits per heavy atom. The van der Waals surface area contributed by atoms with E-state index in [0.717, 1.165) is 43.9 Å². The molecule has 0 aliphatic rings. The van der Waals surface area contributed by atoms with Crippen LogP contribution in [0.1, 0.15) is 13.8 Å². The van der Waals surface area contributed by atoms with Gasteiger partial charge in [0.25, 0.3) is 0 Å². The van der Waals surface area contributed by atoms with E-state index in [-0.39, 0.29) is 37.5 Å². The number of aliphatic hydroxyl groups is 1. The number of nitrogens with zero attached hydrogens (tertiary/aromatic N) is 1. The number of rotatable bonds is 4. The maximum absolute atomic E-state index is 14.5. The molecule has 0 saturated heterocycles. The second-order valence-electron chi connectivity index (χ2n) is 10.2. The number of allylic oxidation sites excluding steroid dienone is 2. The Bertz CT molecular complexity index is 2140. The van der Waals surface area contributed by atoms with Gasteiger partial charge in [-0.1, -0.05) is 96.1 Å². The van der Waals surface area contributed by atoms with Gasteiger partial charge < -0.3 is 5.11 Å². The Hall–Kier alpha value is -4.48. The fraction of sp³-hybridized carbons (Fsp3) is 0.0526. The average Bonchev–Trinajstić information content (AvgIpc) is 3.45. The summed E-state index contributed by atoms with van der Waals surface area (Å²) in [5.74, 6) is -0.272. The summed E-state index contributed by atoms with van der Waals surface area (Å²) in [4.78, 5) is 16.0. The standard InChI is InChI=1S/C33H19FNS.C5H8O2.Ir/c34-30-13-7-12-25-26-16-17-35-32(28(26)15-14-27(25)30)23-18-24-20-31(22-10-5-2-6-11-22)36-33(24)29(19-23)21-8-3-1-4-9-21;1-4(6)3-5(2)7;/h1-17,19-20H;3,6H,1-2H3;/q-1;;/b;4-3-;. The molecule has 0 fully saturated rings. The molecule has 0 aliphatic carbocycles. The second-order valence-corrected chi connectivity index (χ2v) is 11.3. The predicted octanol–water partition coefficient (Wildman–Crippen LogP) is 10.6. The summed E-state index contributed by atoms with van der Waals surface area (Å²) in [6, 6.07) is 40.1. The normalized spacial score (nSPS) is 11.2. The number of halogens is 1. The van der Waals surface area contributed by atoms with Crippen molar-refractivity contribution in [3.63, 3.8) is 0 Å². The largest absolute Gasteiger partial charge is 0.512 e. The van der Waals surface area contributed by atoms with Crippen molar-refractivity contribution >= 4 is 48.8 Å². The number of ketones is 1. The summed E-state index contributed by atoms with van der Waals surface area (Å²) < 4.78 is 15.7. The van der Waals surface area contributed by atoms with Crippen molar-refractivity contribution in [1.82, 2.24) is 4.98 Å². The van der Waals surface area contributed by atoms with Gasteiger partial charge in [-0.2, -0.15) is 11.3 Å². The first-order chi connectivity index (χ1) is 20.9. The maximum atomic E-state index is 14.5. The number of fused-ring (bicyclic) bond motifs is 4. The van der Waals surface area contributed by atoms with Crippen molar-refractivity contribution in [2.24, 2.45) is 0 Å². The fourth-order valence-electron chi connectivity index (χ4n) is 5.27. The first kappa shape index (κ1) is 31.0. The van der Waals surface area contributed by atoms with Gasteiger partial charge in [0.15, 0.2) is 5.78 Å². The van der Waals surface area contributed by atoms with Gasteiger partial charge in [-0.3, -0.25) is 9.78 Å². The van der Waals surface area contributed by atoms with Gasteiger partial charge >= 0.3 is 0 Å². The molecule has 0 aliphatic heterocycles. The molecule has 7 aromatic rings. The van der Waals surface area contributed by atoms with Crippen LogP contribution < -0.4 is 0 Å². The summed E-state index contributed by atoms with van der Waals surface area (Å²) >= 11 is 1.79. The van der Waals surface area contributed by atoms with E-state index in [0.29, 0.717) is 5.39 Å². The van der Waals surface area contributed by atoms with Crippen LogP contribution in [0.3, 0.4) is 0 Å². The molecule has 0 bridgehead atoms. The Labute approximate surface area is 272 Å². The van der Waals surface area contributed by atoms with E-state index in [1.165, 1.54) is 41.1 Å². The topological polar surface area (TPSA) is 50.2 Å². The number of aromatic nitrogens is 1. The zero-order valence-corrected chi connectivity index (χ0v) is 27.2. The third kappa shape index (κ3) is 6.39. The first-order valence-corrected chi connectivity index (χ1v) is 14.7. The Morgan fingerprint density at radius 1 is 0.795 bits per heavy atom. The molecule has 2 aromatic heterocycles. The van der Waals surface area contributed by atoms with Crippen molar-refractivity contribution < 1.29 is 34.4 Å². The molecule has 2 heterocycles. The monoisotopic (exact) mass is 773 g/mol. The fourth-order valence-corrected chi connectivity index (χ4v) is 6.43. The first-order valence-electron chi connectivity index (χ1n) is 13.8. The number of pyridine rings is 1. The average molecular weight is 773 g/mol. The molecule has 0 atom stereocenters. The zero-order chi connectivity index (χ0) is 29.9. The molecule has 6 heteroatoms. The maximum Gasteiger partial charge on any atom is 0.155 e. The van der Waals surface area contributed by atoms with E-state index in [1.807, 2.05) is 42.6 Å². The third-order valence-corrected chi connectivity index (χ3v) is 8.31. The van der Waals surface area contributed by atoms with E-state index in [9.17, 15) is 9.18 Å². The summed E-state index contributed by atoms with van der Waals surface area (Å²) in [5.41, 5.74) is 5.30. The van der Waals surface area contributed by atoms with Crippen molar-refractivity contribution in [2.45, 2.75) is 13.8 Å². The van der Waals surface area contributed by atoms with Crippen LogP contribution in [-0.2, 0) is 24.9 Å². The minimum absolute atomic E-state index is 0. The van der Waals surface area contributed by atoms with Gasteiger partial charge in [0, 0.05) is 43.5 Å². The molecule has 0 amide bonds. The van der Waals surface area contributed by atoms with Crippen LogP contribution in [0.2, 0.25) is 0 Å². The van der Waals surface area contributed by atoms with Crippen molar-refractivity contribution in [2.75, 3.05) is 0 Å². The van der Waals surface area contributed by atoms with Gasteiger partial charge in [0.2, 0.25) is 0 Å². The van der Waals surface area contributed by atoms with Crippen LogP contribution in [-0.4, -0.2) is 15.9 Å². The van der Waals surface area contributed by atoms with Crippen LogP contribution in [0, 0.1) is 11.9 Å². The zero-order valence-electron chi connectivity index (χ0n) is 24.0. The number of carbonyl (C=O) groups is 1. The molecule has 0 unspecified atom stereocenters. The third-order valence-electron chi connectivity index (χ3n) is 7.09. The Balaban J connectivity index is 0.000000433. The molecule has 3 nitrogen and oxygen atoms in total.